The van der Waals surface area contributed by atoms with Crippen LogP contribution in [0.15, 0.2) is 11.4 Å². The van der Waals surface area contributed by atoms with E-state index in [1.807, 2.05) is 23.4 Å². The molecule has 1 aromatic rings. The van der Waals surface area contributed by atoms with Crippen molar-refractivity contribution in [2.24, 2.45) is 5.92 Å². The molecule has 1 amide bonds. The van der Waals surface area contributed by atoms with E-state index in [1.54, 1.807) is 0 Å². The van der Waals surface area contributed by atoms with Crippen molar-refractivity contribution in [2.45, 2.75) is 38.5 Å². The van der Waals surface area contributed by atoms with E-state index >= 15 is 0 Å². The Hall–Kier alpha value is -1.31. The van der Waals surface area contributed by atoms with Crippen molar-refractivity contribution >= 4 is 17.2 Å². The van der Waals surface area contributed by atoms with Crippen molar-refractivity contribution in [3.63, 3.8) is 0 Å². The van der Waals surface area contributed by atoms with Crippen LogP contribution in [0.2, 0.25) is 0 Å². The van der Waals surface area contributed by atoms with Gasteiger partial charge in [0, 0.05) is 25.4 Å². The zero-order valence-electron chi connectivity index (χ0n) is 12.6. The number of amides is 1. The van der Waals surface area contributed by atoms with Gasteiger partial charge in [-0.3, -0.25) is 4.79 Å². The van der Waals surface area contributed by atoms with Crippen LogP contribution in [0, 0.1) is 17.8 Å². The summed E-state index contributed by atoms with van der Waals surface area (Å²) in [6, 6.07) is 1.86. The first-order valence-electron chi connectivity index (χ1n) is 7.64. The number of nitrogens with zero attached hydrogens (tertiary/aromatic N) is 1. The van der Waals surface area contributed by atoms with Crippen LogP contribution in [0.1, 0.15) is 53.8 Å². The molecule has 1 N–H and O–H groups in total. The first-order chi connectivity index (χ1) is 10.2. The van der Waals surface area contributed by atoms with Gasteiger partial charge in [-0.05, 0) is 24.8 Å². The minimum atomic E-state index is 0.0777. The SMILES string of the molecule is CN(CC1CCCCC1)C(=O)c1csc(C#CCCO)c1. The van der Waals surface area contributed by atoms with Crippen molar-refractivity contribution < 1.29 is 9.90 Å². The summed E-state index contributed by atoms with van der Waals surface area (Å²) < 4.78 is 0. The number of aliphatic hydroxyl groups excluding tert-OH is 1. The first kappa shape index (κ1) is 16.1. The molecule has 21 heavy (non-hydrogen) atoms. The van der Waals surface area contributed by atoms with Crippen LogP contribution in [0.25, 0.3) is 0 Å². The molecule has 1 aliphatic carbocycles. The number of hydrogen-bond acceptors (Lipinski definition) is 3. The number of carbonyl (C=O) groups excluding carboxylic acids is 1. The summed E-state index contributed by atoms with van der Waals surface area (Å²) >= 11 is 1.49. The monoisotopic (exact) mass is 305 g/mol. The molecule has 0 radical (unpaired) electrons. The summed E-state index contributed by atoms with van der Waals surface area (Å²) in [6.45, 7) is 0.939. The fourth-order valence-electron chi connectivity index (χ4n) is 2.78. The van der Waals surface area contributed by atoms with E-state index in [-0.39, 0.29) is 12.5 Å². The molecule has 3 nitrogen and oxygen atoms in total. The zero-order chi connectivity index (χ0) is 15.1. The maximum atomic E-state index is 12.4. The van der Waals surface area contributed by atoms with Crippen molar-refractivity contribution in [2.75, 3.05) is 20.2 Å². The molecule has 0 spiro atoms. The largest absolute Gasteiger partial charge is 0.395 e. The van der Waals surface area contributed by atoms with E-state index in [9.17, 15) is 4.79 Å². The third-order valence-corrected chi connectivity index (χ3v) is 4.74. The number of hydrogen-bond donors (Lipinski definition) is 1. The zero-order valence-corrected chi connectivity index (χ0v) is 13.4. The lowest BCUT2D eigenvalue weighted by Gasteiger charge is -2.26. The van der Waals surface area contributed by atoms with Crippen LogP contribution in [0.4, 0.5) is 0 Å². The van der Waals surface area contributed by atoms with Crippen LogP contribution in [0.3, 0.4) is 0 Å². The highest BCUT2D eigenvalue weighted by atomic mass is 32.1. The summed E-state index contributed by atoms with van der Waals surface area (Å²) in [6.07, 6.45) is 6.92. The average Bonchev–Trinajstić information content (AvgIpc) is 2.96. The average molecular weight is 305 g/mol. The summed E-state index contributed by atoms with van der Waals surface area (Å²) in [4.78, 5) is 15.1. The minimum absolute atomic E-state index is 0.0777. The Balaban J connectivity index is 1.91. The Bertz CT molecular complexity index is 520. The molecule has 0 bridgehead atoms. The number of aliphatic hydroxyl groups is 1. The summed E-state index contributed by atoms with van der Waals surface area (Å²) in [5.74, 6) is 6.61. The third kappa shape index (κ3) is 4.87. The van der Waals surface area contributed by atoms with Gasteiger partial charge >= 0.3 is 0 Å². The first-order valence-corrected chi connectivity index (χ1v) is 8.52. The smallest absolute Gasteiger partial charge is 0.254 e. The van der Waals surface area contributed by atoms with Gasteiger partial charge in [-0.2, -0.15) is 0 Å². The standard InChI is InChI=1S/C17H23NO2S/c1-18(12-14-7-3-2-4-8-14)17(20)15-11-16(21-13-15)9-5-6-10-19/h11,13-14,19H,2-4,6-8,10,12H2,1H3. The Morgan fingerprint density at radius 2 is 2.19 bits per heavy atom. The molecule has 1 saturated carbocycles. The maximum Gasteiger partial charge on any atom is 0.254 e. The van der Waals surface area contributed by atoms with Crippen molar-refractivity contribution in [3.05, 3.63) is 21.9 Å². The predicted octanol–water partition coefficient (Wildman–Crippen LogP) is 3.13. The molecule has 0 atom stereocenters. The van der Waals surface area contributed by atoms with Gasteiger partial charge in [0.15, 0.2) is 0 Å². The summed E-state index contributed by atoms with van der Waals surface area (Å²) in [7, 11) is 1.89. The molecule has 1 aromatic heterocycles. The molecular weight excluding hydrogens is 282 g/mol. The van der Waals surface area contributed by atoms with Gasteiger partial charge in [0.25, 0.3) is 5.91 Å². The van der Waals surface area contributed by atoms with Crippen LogP contribution < -0.4 is 0 Å². The second-order valence-corrected chi connectivity index (χ2v) is 6.58. The molecule has 2 rings (SSSR count). The van der Waals surface area contributed by atoms with Crippen LogP contribution in [-0.2, 0) is 0 Å². The van der Waals surface area contributed by atoms with Gasteiger partial charge in [0.2, 0.25) is 0 Å². The molecule has 114 valence electrons. The van der Waals surface area contributed by atoms with Crippen molar-refractivity contribution in [1.82, 2.24) is 4.90 Å². The number of thiophene rings is 1. The van der Waals surface area contributed by atoms with Gasteiger partial charge in [-0.15, -0.1) is 11.3 Å². The van der Waals surface area contributed by atoms with E-state index in [2.05, 4.69) is 11.8 Å². The van der Waals surface area contributed by atoms with Gasteiger partial charge < -0.3 is 10.0 Å². The molecule has 1 heterocycles. The lowest BCUT2D eigenvalue weighted by molar-refractivity contribution is 0.0761. The predicted molar refractivity (Wildman–Crippen MR) is 86.4 cm³/mol. The van der Waals surface area contributed by atoms with Gasteiger partial charge in [0.05, 0.1) is 17.0 Å². The van der Waals surface area contributed by atoms with Gasteiger partial charge in [-0.1, -0.05) is 31.1 Å². The Kier molecular flexibility index (Phi) is 6.28. The highest BCUT2D eigenvalue weighted by Crippen LogP contribution is 2.25. The number of carbonyl (C=O) groups is 1. The lowest BCUT2D eigenvalue weighted by atomic mass is 9.89. The molecule has 1 fully saturated rings. The summed E-state index contributed by atoms with van der Waals surface area (Å²) in [5, 5.41) is 10.6. The number of rotatable bonds is 4. The van der Waals surface area contributed by atoms with Gasteiger partial charge in [-0.25, -0.2) is 0 Å². The van der Waals surface area contributed by atoms with Gasteiger partial charge in [0.1, 0.15) is 0 Å². The molecular formula is C17H23NO2S. The van der Waals surface area contributed by atoms with E-state index < -0.39 is 0 Å². The van der Waals surface area contributed by atoms with Crippen molar-refractivity contribution in [3.8, 4) is 11.8 Å². The normalized spacial score (nSPS) is 15.3. The highest BCUT2D eigenvalue weighted by Gasteiger charge is 2.19. The van der Waals surface area contributed by atoms with Crippen LogP contribution in [0.5, 0.6) is 0 Å². The third-order valence-electron chi connectivity index (χ3n) is 3.90. The fourth-order valence-corrected chi connectivity index (χ4v) is 3.53. The Morgan fingerprint density at radius 3 is 2.90 bits per heavy atom. The minimum Gasteiger partial charge on any atom is -0.395 e. The van der Waals surface area contributed by atoms with E-state index in [0.717, 1.165) is 17.0 Å². The summed E-state index contributed by atoms with van der Waals surface area (Å²) in [5.41, 5.74) is 0.728. The maximum absolute atomic E-state index is 12.4. The topological polar surface area (TPSA) is 40.5 Å². The second kappa shape index (κ2) is 8.21. The van der Waals surface area contributed by atoms with Crippen LogP contribution >= 0.6 is 11.3 Å². The van der Waals surface area contributed by atoms with E-state index in [4.69, 9.17) is 5.11 Å². The molecule has 0 unspecified atom stereocenters. The molecule has 0 aromatic carbocycles. The lowest BCUT2D eigenvalue weighted by Crippen LogP contribution is -2.32. The molecule has 0 aliphatic heterocycles. The molecule has 1 aliphatic rings. The Labute approximate surface area is 131 Å². The van der Waals surface area contributed by atoms with Crippen molar-refractivity contribution in [1.29, 1.82) is 0 Å². The highest BCUT2D eigenvalue weighted by molar-refractivity contribution is 7.10. The quantitative estimate of drug-likeness (QED) is 0.868. The van der Waals surface area contributed by atoms with E-state index in [0.29, 0.717) is 12.3 Å². The fraction of sp³-hybridized carbons (Fsp3) is 0.588. The molecule has 0 saturated heterocycles. The Morgan fingerprint density at radius 1 is 1.43 bits per heavy atom. The molecule has 4 heteroatoms. The van der Waals surface area contributed by atoms with Crippen LogP contribution in [-0.4, -0.2) is 36.1 Å². The second-order valence-electron chi connectivity index (χ2n) is 5.66. The van der Waals surface area contributed by atoms with E-state index in [1.165, 1.54) is 43.4 Å².